The molecule has 1 aromatic heterocycles. The number of rotatable bonds is 3. The van der Waals surface area contributed by atoms with E-state index in [0.29, 0.717) is 11.7 Å². The highest BCUT2D eigenvalue weighted by Gasteiger charge is 2.26. The molecule has 1 amide bonds. The van der Waals surface area contributed by atoms with Gasteiger partial charge < -0.3 is 14.1 Å². The average molecular weight is 313 g/mol. The Morgan fingerprint density at radius 3 is 2.52 bits per heavy atom. The summed E-state index contributed by atoms with van der Waals surface area (Å²) in [5.41, 5.74) is 0. The quantitative estimate of drug-likeness (QED) is 0.857. The van der Waals surface area contributed by atoms with Crippen LogP contribution in [-0.2, 0) is 4.74 Å². The maximum atomic E-state index is 12.3. The Hall–Kier alpha value is -1.04. The van der Waals surface area contributed by atoms with Gasteiger partial charge in [-0.1, -0.05) is 0 Å². The van der Waals surface area contributed by atoms with Gasteiger partial charge in [0.25, 0.3) is 5.91 Å². The average Bonchev–Trinajstić information content (AvgIpc) is 2.95. The number of nitrogens with zero attached hydrogens (tertiary/aromatic N) is 2. The third kappa shape index (κ3) is 3.78. The molecule has 5 nitrogen and oxygen atoms in total. The van der Waals surface area contributed by atoms with E-state index in [0.717, 1.165) is 58.8 Å². The van der Waals surface area contributed by atoms with Crippen LogP contribution in [-0.4, -0.2) is 61.6 Å². The maximum Gasteiger partial charge on any atom is 0.289 e. The van der Waals surface area contributed by atoms with Crippen LogP contribution in [0, 0.1) is 5.92 Å². The number of likely N-dealkylation sites (tertiary alicyclic amines) is 1. The van der Waals surface area contributed by atoms with Crippen molar-refractivity contribution < 1.29 is 13.9 Å². The van der Waals surface area contributed by atoms with Crippen LogP contribution in [0.15, 0.2) is 16.5 Å². The molecule has 0 aliphatic carbocycles. The molecule has 2 aliphatic rings. The van der Waals surface area contributed by atoms with Gasteiger partial charge in [-0.15, -0.1) is 0 Å². The Balaban J connectivity index is 1.47. The molecule has 0 spiro atoms. The monoisotopic (exact) mass is 312 g/mol. The topological polar surface area (TPSA) is 45.9 Å². The zero-order valence-electron chi connectivity index (χ0n) is 12.1. The minimum atomic E-state index is -0.0493. The summed E-state index contributed by atoms with van der Waals surface area (Å²) in [4.78, 5) is 16.6. The number of ether oxygens (including phenoxy) is 1. The Morgan fingerprint density at radius 1 is 1.19 bits per heavy atom. The highest BCUT2D eigenvalue weighted by molar-refractivity contribution is 6.29. The molecule has 0 saturated carbocycles. The summed E-state index contributed by atoms with van der Waals surface area (Å²) in [6, 6.07) is 3.25. The van der Waals surface area contributed by atoms with Crippen LogP contribution in [0.4, 0.5) is 0 Å². The second-order valence-corrected chi connectivity index (χ2v) is 6.12. The van der Waals surface area contributed by atoms with Gasteiger partial charge in [0.2, 0.25) is 0 Å². The highest BCUT2D eigenvalue weighted by atomic mass is 35.5. The van der Waals surface area contributed by atoms with Crippen LogP contribution in [0.3, 0.4) is 0 Å². The van der Waals surface area contributed by atoms with Crippen molar-refractivity contribution in [3.8, 4) is 0 Å². The fourth-order valence-corrected chi connectivity index (χ4v) is 3.20. The molecule has 6 heteroatoms. The normalized spacial score (nSPS) is 21.7. The summed E-state index contributed by atoms with van der Waals surface area (Å²) in [6.45, 7) is 6.47. The van der Waals surface area contributed by atoms with Crippen molar-refractivity contribution in [2.45, 2.75) is 12.8 Å². The van der Waals surface area contributed by atoms with Gasteiger partial charge in [0.05, 0.1) is 13.2 Å². The zero-order chi connectivity index (χ0) is 14.7. The van der Waals surface area contributed by atoms with Gasteiger partial charge >= 0.3 is 0 Å². The van der Waals surface area contributed by atoms with Crippen LogP contribution < -0.4 is 0 Å². The lowest BCUT2D eigenvalue weighted by atomic mass is 9.96. The SMILES string of the molecule is O=C(c1ccc(Cl)o1)N1CCC(CN2CCOCC2)CC1. The predicted molar refractivity (Wildman–Crippen MR) is 79.6 cm³/mol. The van der Waals surface area contributed by atoms with Crippen LogP contribution in [0.1, 0.15) is 23.4 Å². The number of carbonyl (C=O) groups is 1. The van der Waals surface area contributed by atoms with E-state index >= 15 is 0 Å². The Labute approximate surface area is 129 Å². The second-order valence-electron chi connectivity index (χ2n) is 5.75. The number of furan rings is 1. The van der Waals surface area contributed by atoms with Crippen molar-refractivity contribution in [3.05, 3.63) is 23.1 Å². The van der Waals surface area contributed by atoms with Crippen molar-refractivity contribution in [2.24, 2.45) is 5.92 Å². The molecule has 3 rings (SSSR count). The molecule has 0 unspecified atom stereocenters. The van der Waals surface area contributed by atoms with E-state index in [-0.39, 0.29) is 11.1 Å². The van der Waals surface area contributed by atoms with Crippen molar-refractivity contribution in [1.82, 2.24) is 9.80 Å². The molecule has 2 aliphatic heterocycles. The van der Waals surface area contributed by atoms with E-state index in [1.54, 1.807) is 12.1 Å². The van der Waals surface area contributed by atoms with Crippen molar-refractivity contribution in [3.63, 3.8) is 0 Å². The fraction of sp³-hybridized carbons (Fsp3) is 0.667. The third-order valence-electron chi connectivity index (χ3n) is 4.31. The van der Waals surface area contributed by atoms with Crippen LogP contribution in [0.5, 0.6) is 0 Å². The molecule has 0 radical (unpaired) electrons. The van der Waals surface area contributed by atoms with Crippen LogP contribution in [0.2, 0.25) is 5.22 Å². The first-order chi connectivity index (χ1) is 10.2. The molecule has 3 heterocycles. The van der Waals surface area contributed by atoms with Crippen molar-refractivity contribution >= 4 is 17.5 Å². The van der Waals surface area contributed by atoms with Crippen molar-refractivity contribution in [2.75, 3.05) is 45.9 Å². The number of carbonyl (C=O) groups excluding carboxylic acids is 1. The van der Waals surface area contributed by atoms with Gasteiger partial charge in [-0.3, -0.25) is 9.69 Å². The first-order valence-electron chi connectivity index (χ1n) is 7.57. The summed E-state index contributed by atoms with van der Waals surface area (Å²) in [5, 5.41) is 0.264. The standard InChI is InChI=1S/C15H21ClN2O3/c16-14-2-1-13(21-14)15(19)18-5-3-12(4-6-18)11-17-7-9-20-10-8-17/h1-2,12H,3-11H2. The van der Waals surface area contributed by atoms with E-state index in [9.17, 15) is 4.79 Å². The van der Waals surface area contributed by atoms with E-state index in [4.69, 9.17) is 20.8 Å². The smallest absolute Gasteiger partial charge is 0.289 e. The molecule has 0 N–H and O–H groups in total. The Bertz CT molecular complexity index is 477. The maximum absolute atomic E-state index is 12.3. The largest absolute Gasteiger partial charge is 0.440 e. The highest BCUT2D eigenvalue weighted by Crippen LogP contribution is 2.22. The van der Waals surface area contributed by atoms with Crippen LogP contribution in [0.25, 0.3) is 0 Å². The van der Waals surface area contributed by atoms with Gasteiger partial charge in [-0.05, 0) is 42.5 Å². The zero-order valence-corrected chi connectivity index (χ0v) is 12.8. The summed E-state index contributed by atoms with van der Waals surface area (Å²) >= 11 is 5.72. The number of amides is 1. The molecule has 0 bridgehead atoms. The lowest BCUT2D eigenvalue weighted by Crippen LogP contribution is -2.44. The lowest BCUT2D eigenvalue weighted by molar-refractivity contribution is 0.0240. The molecule has 21 heavy (non-hydrogen) atoms. The van der Waals surface area contributed by atoms with Gasteiger partial charge in [0.15, 0.2) is 11.0 Å². The Morgan fingerprint density at radius 2 is 1.90 bits per heavy atom. The number of hydrogen-bond donors (Lipinski definition) is 0. The number of morpholine rings is 1. The van der Waals surface area contributed by atoms with Gasteiger partial charge in [0, 0.05) is 32.7 Å². The number of piperidine rings is 1. The van der Waals surface area contributed by atoms with E-state index in [1.807, 2.05) is 4.90 Å². The molecule has 0 aromatic carbocycles. The first kappa shape index (κ1) is 14.9. The first-order valence-corrected chi connectivity index (χ1v) is 7.95. The lowest BCUT2D eigenvalue weighted by Gasteiger charge is -2.35. The van der Waals surface area contributed by atoms with Crippen LogP contribution >= 0.6 is 11.6 Å². The summed E-state index contributed by atoms with van der Waals surface area (Å²) in [6.07, 6.45) is 2.11. The molecule has 0 atom stereocenters. The van der Waals surface area contributed by atoms with E-state index < -0.39 is 0 Å². The van der Waals surface area contributed by atoms with Gasteiger partial charge in [-0.25, -0.2) is 0 Å². The molecule has 116 valence electrons. The van der Waals surface area contributed by atoms with E-state index in [1.165, 1.54) is 0 Å². The van der Waals surface area contributed by atoms with Gasteiger partial charge in [0.1, 0.15) is 0 Å². The minimum Gasteiger partial charge on any atom is -0.440 e. The molecular weight excluding hydrogens is 292 g/mol. The molecular formula is C15H21ClN2O3. The number of halogens is 1. The Kier molecular flexibility index (Phi) is 4.83. The third-order valence-corrected chi connectivity index (χ3v) is 4.51. The van der Waals surface area contributed by atoms with E-state index in [2.05, 4.69) is 4.90 Å². The fourth-order valence-electron chi connectivity index (χ4n) is 3.05. The molecule has 1 aromatic rings. The van der Waals surface area contributed by atoms with Gasteiger partial charge in [-0.2, -0.15) is 0 Å². The minimum absolute atomic E-state index is 0.0493. The summed E-state index contributed by atoms with van der Waals surface area (Å²) < 4.78 is 10.6. The predicted octanol–water partition coefficient (Wildman–Crippen LogP) is 2.12. The van der Waals surface area contributed by atoms with Crippen molar-refractivity contribution in [1.29, 1.82) is 0 Å². The molecule has 2 saturated heterocycles. The number of hydrogen-bond acceptors (Lipinski definition) is 4. The summed E-state index contributed by atoms with van der Waals surface area (Å²) in [7, 11) is 0. The second kappa shape index (κ2) is 6.81. The molecule has 2 fully saturated rings. The summed E-state index contributed by atoms with van der Waals surface area (Å²) in [5.74, 6) is 0.964.